The van der Waals surface area contributed by atoms with E-state index < -0.39 is 0 Å². The molecule has 7 rings (SSSR count). The predicted molar refractivity (Wildman–Crippen MR) is 218 cm³/mol. The van der Waals surface area contributed by atoms with Crippen molar-refractivity contribution in [2.45, 2.75) is 91.3 Å². The molecule has 0 bridgehead atoms. The maximum absolute atomic E-state index is 13.6. The first-order valence-corrected chi connectivity index (χ1v) is 19.8. The third kappa shape index (κ3) is 9.24. The Morgan fingerprint density at radius 3 is 2.15 bits per heavy atom. The summed E-state index contributed by atoms with van der Waals surface area (Å²) >= 11 is 0. The van der Waals surface area contributed by atoms with Crippen molar-refractivity contribution in [2.75, 3.05) is 31.6 Å². The maximum Gasteiger partial charge on any atom is 0.251 e. The lowest BCUT2D eigenvalue weighted by molar-refractivity contribution is 0.0904. The predicted octanol–water partition coefficient (Wildman–Crippen LogP) is 6.31. The number of benzene rings is 3. The molecule has 11 heteroatoms. The van der Waals surface area contributed by atoms with Crippen LogP contribution >= 0.6 is 0 Å². The number of pyridine rings is 1. The Bertz CT molecular complexity index is 2110. The number of carbonyl (C=O) groups is 2. The average Bonchev–Trinajstić information content (AvgIpc) is 3.62. The fourth-order valence-corrected chi connectivity index (χ4v) is 7.99. The molecule has 1 unspecified atom stereocenters. The first-order chi connectivity index (χ1) is 26.8. The van der Waals surface area contributed by atoms with Crippen molar-refractivity contribution < 1.29 is 14.3 Å². The van der Waals surface area contributed by atoms with Gasteiger partial charge in [-0.15, -0.1) is 0 Å². The summed E-state index contributed by atoms with van der Waals surface area (Å²) < 4.78 is 7.52. The lowest BCUT2D eigenvalue weighted by Gasteiger charge is -2.36. The van der Waals surface area contributed by atoms with Gasteiger partial charge in [0.2, 0.25) is 0 Å². The van der Waals surface area contributed by atoms with Crippen molar-refractivity contribution in [3.8, 4) is 11.1 Å². The average molecular weight is 743 g/mol. The highest BCUT2D eigenvalue weighted by molar-refractivity contribution is 6.00. The number of anilines is 1. The third-order valence-corrected chi connectivity index (χ3v) is 10.7. The van der Waals surface area contributed by atoms with Crippen molar-refractivity contribution in [3.63, 3.8) is 0 Å². The molecule has 55 heavy (non-hydrogen) atoms. The molecule has 11 nitrogen and oxygen atoms in total. The van der Waals surface area contributed by atoms with Gasteiger partial charge in [-0.05, 0) is 92.6 Å². The van der Waals surface area contributed by atoms with Crippen LogP contribution in [0.4, 0.5) is 5.69 Å². The maximum atomic E-state index is 13.6. The molecule has 4 N–H and O–H groups in total. The molecule has 0 radical (unpaired) electrons. The highest BCUT2D eigenvalue weighted by Gasteiger charge is 2.23. The zero-order valence-electron chi connectivity index (χ0n) is 32.5. The SMILES string of the molecule is CCc1nc2c(cnn2CC)c(NC2CCOCC2)c1CNC(=O)c1cccc(C(=O)NCc2cccc(-c3cccc(CN4CC(C)N[C@H](C)C4)c3)c2)c1. The Hall–Kier alpha value is -5.10. The number of nitrogens with zero attached hydrogens (tertiary/aromatic N) is 4. The highest BCUT2D eigenvalue weighted by atomic mass is 16.5. The summed E-state index contributed by atoms with van der Waals surface area (Å²) in [6, 6.07) is 25.1. The van der Waals surface area contributed by atoms with Crippen LogP contribution in [0, 0.1) is 0 Å². The van der Waals surface area contributed by atoms with Crippen LogP contribution in [0.3, 0.4) is 0 Å². The van der Waals surface area contributed by atoms with Crippen molar-refractivity contribution in [1.29, 1.82) is 0 Å². The van der Waals surface area contributed by atoms with Crippen LogP contribution in [-0.2, 0) is 37.3 Å². The Kier molecular flexibility index (Phi) is 12.2. The van der Waals surface area contributed by atoms with Crippen LogP contribution in [0.2, 0.25) is 0 Å². The molecule has 2 aliphatic heterocycles. The number of amides is 2. The van der Waals surface area contributed by atoms with Crippen molar-refractivity contribution in [3.05, 3.63) is 113 Å². The van der Waals surface area contributed by atoms with Crippen LogP contribution in [-0.4, -0.2) is 75.9 Å². The van der Waals surface area contributed by atoms with E-state index >= 15 is 0 Å². The monoisotopic (exact) mass is 742 g/mol. The molecule has 2 saturated heterocycles. The van der Waals surface area contributed by atoms with Gasteiger partial charge in [0.1, 0.15) is 0 Å². The Morgan fingerprint density at radius 2 is 1.47 bits per heavy atom. The van der Waals surface area contributed by atoms with Gasteiger partial charge < -0.3 is 26.0 Å². The minimum absolute atomic E-state index is 0.236. The number of rotatable bonds is 13. The molecule has 288 valence electrons. The zero-order valence-corrected chi connectivity index (χ0v) is 32.5. The number of piperazine rings is 1. The smallest absolute Gasteiger partial charge is 0.251 e. The van der Waals surface area contributed by atoms with Gasteiger partial charge in [-0.1, -0.05) is 49.4 Å². The summed E-state index contributed by atoms with van der Waals surface area (Å²) in [5.74, 6) is -0.491. The Balaban J connectivity index is 1.00. The molecule has 0 spiro atoms. The number of ether oxygens (including phenoxy) is 1. The van der Waals surface area contributed by atoms with Crippen LogP contribution in [0.25, 0.3) is 22.2 Å². The number of fused-ring (bicyclic) bond motifs is 1. The first kappa shape index (κ1) is 38.2. The van der Waals surface area contributed by atoms with Crippen molar-refractivity contribution in [1.82, 2.24) is 35.6 Å². The first-order valence-electron chi connectivity index (χ1n) is 19.8. The quantitative estimate of drug-likeness (QED) is 0.111. The van der Waals surface area contributed by atoms with Crippen LogP contribution in [0.15, 0.2) is 79.0 Å². The number of nitrogens with one attached hydrogen (secondary N) is 4. The van der Waals surface area contributed by atoms with Gasteiger partial charge in [0, 0.05) is 93.0 Å². The van der Waals surface area contributed by atoms with E-state index in [4.69, 9.17) is 9.72 Å². The van der Waals surface area contributed by atoms with E-state index in [1.807, 2.05) is 23.0 Å². The topological polar surface area (TPSA) is 125 Å². The molecule has 3 aromatic carbocycles. The standard InChI is InChI=1S/C44H54N8O3/c1-5-40-38(41(49-37-16-18-55-19-17-37)39-25-47-52(6-2)42(39)50-40)24-46-44(54)36-15-9-14-35(22-36)43(53)45-23-31-10-7-12-33(20-31)34-13-8-11-32(21-34)28-51-26-29(3)48-30(4)27-51/h7-15,20-22,25,29-30,37,48H,5-6,16-19,23-24,26-28H2,1-4H3,(H,45,53)(H,46,54)(H,49,50)/t29-,30?/m1/s1. The normalized spacial score (nSPS) is 18.0. The summed E-state index contributed by atoms with van der Waals surface area (Å²) in [6.07, 6.45) is 4.39. The number of hydrogen-bond donors (Lipinski definition) is 4. The number of carbonyl (C=O) groups excluding carboxylic acids is 2. The largest absolute Gasteiger partial charge is 0.381 e. The Morgan fingerprint density at radius 1 is 0.836 bits per heavy atom. The van der Waals surface area contributed by atoms with E-state index in [1.54, 1.807) is 24.3 Å². The second kappa shape index (κ2) is 17.6. The lowest BCUT2D eigenvalue weighted by atomic mass is 10.0. The van der Waals surface area contributed by atoms with Crippen LogP contribution < -0.4 is 21.3 Å². The number of hydrogen-bond acceptors (Lipinski definition) is 8. The Labute approximate surface area is 324 Å². The molecule has 2 fully saturated rings. The molecule has 5 aromatic rings. The van der Waals surface area contributed by atoms with Gasteiger partial charge >= 0.3 is 0 Å². The molecular formula is C44H54N8O3. The molecule has 2 amide bonds. The minimum atomic E-state index is -0.256. The van der Waals surface area contributed by atoms with Crippen LogP contribution in [0.5, 0.6) is 0 Å². The molecule has 4 heterocycles. The number of aromatic nitrogens is 3. The van der Waals surface area contributed by atoms with Gasteiger partial charge in [0.05, 0.1) is 17.3 Å². The fraction of sp³-hybridized carbons (Fsp3) is 0.409. The fourth-order valence-electron chi connectivity index (χ4n) is 7.99. The van der Waals surface area contributed by atoms with E-state index in [0.29, 0.717) is 55.9 Å². The summed E-state index contributed by atoms with van der Waals surface area (Å²) in [4.78, 5) is 34.5. The van der Waals surface area contributed by atoms with Crippen LogP contribution in [0.1, 0.15) is 83.6 Å². The number of aryl methyl sites for hydroxylation is 2. The van der Waals surface area contributed by atoms with Crippen molar-refractivity contribution in [2.24, 2.45) is 0 Å². The molecule has 0 aliphatic carbocycles. The van der Waals surface area contributed by atoms with E-state index in [9.17, 15) is 9.59 Å². The van der Waals surface area contributed by atoms with E-state index in [1.165, 1.54) is 5.56 Å². The molecule has 2 atom stereocenters. The van der Waals surface area contributed by atoms with Gasteiger partial charge in [0.15, 0.2) is 5.65 Å². The summed E-state index contributed by atoms with van der Waals surface area (Å²) in [6.45, 7) is 14.4. The van der Waals surface area contributed by atoms with Gasteiger partial charge in [-0.25, -0.2) is 9.67 Å². The zero-order chi connectivity index (χ0) is 38.3. The van der Waals surface area contributed by atoms with Gasteiger partial charge in [-0.2, -0.15) is 5.10 Å². The summed E-state index contributed by atoms with van der Waals surface area (Å²) in [7, 11) is 0. The molecular weight excluding hydrogens is 689 g/mol. The third-order valence-electron chi connectivity index (χ3n) is 10.7. The second-order valence-electron chi connectivity index (χ2n) is 15.0. The van der Waals surface area contributed by atoms with E-state index in [2.05, 4.69) is 95.4 Å². The van der Waals surface area contributed by atoms with Gasteiger partial charge in [0.25, 0.3) is 11.8 Å². The minimum Gasteiger partial charge on any atom is -0.381 e. The molecule has 2 aromatic heterocycles. The molecule has 0 saturated carbocycles. The summed E-state index contributed by atoms with van der Waals surface area (Å²) in [5.41, 5.74) is 9.10. The lowest BCUT2D eigenvalue weighted by Crippen LogP contribution is -2.53. The second-order valence-corrected chi connectivity index (χ2v) is 15.0. The van der Waals surface area contributed by atoms with E-state index in [-0.39, 0.29) is 24.4 Å². The summed E-state index contributed by atoms with van der Waals surface area (Å²) in [5, 5.41) is 19.1. The highest BCUT2D eigenvalue weighted by Crippen LogP contribution is 2.31. The molecule has 2 aliphatic rings. The van der Waals surface area contributed by atoms with Crippen molar-refractivity contribution >= 4 is 28.5 Å². The van der Waals surface area contributed by atoms with E-state index in [0.717, 1.165) is 77.1 Å². The van der Waals surface area contributed by atoms with Gasteiger partial charge in [-0.3, -0.25) is 14.5 Å².